The number of piperidine rings is 1. The van der Waals surface area contributed by atoms with Gasteiger partial charge in [-0.1, -0.05) is 0 Å². The Hall–Kier alpha value is -2.25. The molecular weight excluding hydrogens is 324 g/mol. The maximum absolute atomic E-state index is 11.3. The molecule has 2 aromatic rings. The fourth-order valence-electron chi connectivity index (χ4n) is 3.23. The summed E-state index contributed by atoms with van der Waals surface area (Å²) in [5, 5.41) is 11.2. The molecule has 0 amide bonds. The average Bonchev–Trinajstić information content (AvgIpc) is 3.04. The predicted molar refractivity (Wildman–Crippen MR) is 92.9 cm³/mol. The van der Waals surface area contributed by atoms with Crippen LogP contribution in [0.3, 0.4) is 0 Å². The van der Waals surface area contributed by atoms with Crippen molar-refractivity contribution < 1.29 is 24.1 Å². The Kier molecular flexibility index (Phi) is 5.45. The van der Waals surface area contributed by atoms with Crippen molar-refractivity contribution in [3.05, 3.63) is 30.0 Å². The molecule has 2 heterocycles. The summed E-state index contributed by atoms with van der Waals surface area (Å²) in [5.74, 6) is 0.834. The number of aliphatic hydroxyl groups excluding tert-OH is 1. The lowest BCUT2D eigenvalue weighted by Gasteiger charge is -2.35. The molecule has 0 bridgehead atoms. The van der Waals surface area contributed by atoms with E-state index in [-0.39, 0.29) is 0 Å². The van der Waals surface area contributed by atoms with Gasteiger partial charge in [0.15, 0.2) is 0 Å². The average molecular weight is 348 g/mol. The number of benzene rings is 1. The number of H-pyrrole nitrogens is 1. The maximum atomic E-state index is 11.3. The second-order valence-electron chi connectivity index (χ2n) is 6.24. The Morgan fingerprint density at radius 2 is 2.24 bits per heavy atom. The van der Waals surface area contributed by atoms with Crippen molar-refractivity contribution in [1.29, 1.82) is 0 Å². The summed E-state index contributed by atoms with van der Waals surface area (Å²) in [5.41, 5.74) is 2.29. The molecule has 1 aromatic carbocycles. The van der Waals surface area contributed by atoms with E-state index in [0.29, 0.717) is 13.0 Å². The van der Waals surface area contributed by atoms with Crippen LogP contribution in [0.4, 0.5) is 4.79 Å². The summed E-state index contributed by atoms with van der Waals surface area (Å²) in [6.07, 6.45) is 1.50. The highest BCUT2D eigenvalue weighted by Gasteiger charge is 2.31. The number of likely N-dealkylation sites (tertiary alicyclic amines) is 1. The Bertz CT molecular complexity index is 729. The van der Waals surface area contributed by atoms with Crippen LogP contribution in [-0.4, -0.2) is 67.2 Å². The molecule has 7 nitrogen and oxygen atoms in total. The molecule has 0 spiro atoms. The van der Waals surface area contributed by atoms with Gasteiger partial charge in [-0.25, -0.2) is 4.79 Å². The van der Waals surface area contributed by atoms with Crippen LogP contribution >= 0.6 is 0 Å². The third-order valence-electron chi connectivity index (χ3n) is 4.69. The summed E-state index contributed by atoms with van der Waals surface area (Å²) < 4.78 is 15.0. The van der Waals surface area contributed by atoms with Crippen LogP contribution < -0.4 is 4.74 Å². The smallest absolute Gasteiger partial charge is 0.497 e. The molecule has 2 atom stereocenters. The molecule has 1 aliphatic rings. The monoisotopic (exact) mass is 348 g/mol. The van der Waals surface area contributed by atoms with Crippen molar-refractivity contribution in [3.63, 3.8) is 0 Å². The van der Waals surface area contributed by atoms with E-state index in [1.54, 1.807) is 7.11 Å². The first-order valence-corrected chi connectivity index (χ1v) is 8.39. The molecule has 1 aliphatic heterocycles. The highest BCUT2D eigenvalue weighted by molar-refractivity contribution is 5.84. The standard InChI is InChI=1S/C18H24N2O5/c1-23-13-3-4-15-14(9-13)12(10-19-15)5-7-20-8-6-16(21)17(11-20)25-18(22)24-2/h3-4,9-10,16-17,19,21H,5-8,11H2,1-2H3/t16-,17+/m1/s1. The summed E-state index contributed by atoms with van der Waals surface area (Å²) in [6.45, 7) is 2.09. The number of hydrogen-bond acceptors (Lipinski definition) is 6. The van der Waals surface area contributed by atoms with E-state index in [1.807, 2.05) is 24.4 Å². The van der Waals surface area contributed by atoms with Gasteiger partial charge in [0, 0.05) is 36.7 Å². The molecular formula is C18H24N2O5. The number of fused-ring (bicyclic) bond motifs is 1. The topological polar surface area (TPSA) is 84.0 Å². The molecule has 2 N–H and O–H groups in total. The van der Waals surface area contributed by atoms with E-state index in [4.69, 9.17) is 9.47 Å². The van der Waals surface area contributed by atoms with Crippen molar-refractivity contribution in [2.24, 2.45) is 0 Å². The summed E-state index contributed by atoms with van der Waals surface area (Å²) in [6, 6.07) is 5.98. The van der Waals surface area contributed by atoms with E-state index >= 15 is 0 Å². The molecule has 136 valence electrons. The number of aromatic nitrogens is 1. The number of nitrogens with zero attached hydrogens (tertiary/aromatic N) is 1. The van der Waals surface area contributed by atoms with Gasteiger partial charge in [-0.2, -0.15) is 0 Å². The van der Waals surface area contributed by atoms with Crippen LogP contribution in [0.5, 0.6) is 5.75 Å². The number of aliphatic hydroxyl groups is 1. The first-order valence-electron chi connectivity index (χ1n) is 8.39. The van der Waals surface area contributed by atoms with Gasteiger partial charge >= 0.3 is 6.16 Å². The van der Waals surface area contributed by atoms with Crippen molar-refractivity contribution in [2.45, 2.75) is 25.0 Å². The lowest BCUT2D eigenvalue weighted by molar-refractivity contribution is -0.0639. The van der Waals surface area contributed by atoms with E-state index in [2.05, 4.69) is 14.6 Å². The van der Waals surface area contributed by atoms with Crippen molar-refractivity contribution >= 4 is 17.1 Å². The SMILES string of the molecule is COC(=O)O[C@H]1CN(CCc2c[nH]c3ccc(OC)cc23)CC[C@H]1O. The molecule has 1 fully saturated rings. The predicted octanol–water partition coefficient (Wildman–Crippen LogP) is 1.94. The van der Waals surface area contributed by atoms with Crippen LogP contribution in [-0.2, 0) is 15.9 Å². The zero-order valence-corrected chi connectivity index (χ0v) is 14.5. The second kappa shape index (κ2) is 7.76. The van der Waals surface area contributed by atoms with Crippen molar-refractivity contribution in [1.82, 2.24) is 9.88 Å². The van der Waals surface area contributed by atoms with Crippen LogP contribution in [0.25, 0.3) is 10.9 Å². The summed E-state index contributed by atoms with van der Waals surface area (Å²) in [7, 11) is 2.93. The van der Waals surface area contributed by atoms with E-state index in [0.717, 1.165) is 36.2 Å². The van der Waals surface area contributed by atoms with E-state index in [9.17, 15) is 9.90 Å². The Morgan fingerprint density at radius 3 is 3.00 bits per heavy atom. The van der Waals surface area contributed by atoms with E-state index in [1.165, 1.54) is 12.7 Å². The van der Waals surface area contributed by atoms with Gasteiger partial charge in [0.05, 0.1) is 20.3 Å². The molecule has 0 unspecified atom stereocenters. The largest absolute Gasteiger partial charge is 0.508 e. The minimum Gasteiger partial charge on any atom is -0.497 e. The third-order valence-corrected chi connectivity index (χ3v) is 4.69. The number of carbonyl (C=O) groups is 1. The zero-order valence-electron chi connectivity index (χ0n) is 14.5. The normalized spacial score (nSPS) is 21.2. The highest BCUT2D eigenvalue weighted by atomic mass is 16.7. The fraction of sp³-hybridized carbons (Fsp3) is 0.500. The van der Waals surface area contributed by atoms with E-state index < -0.39 is 18.4 Å². The number of ether oxygens (including phenoxy) is 3. The summed E-state index contributed by atoms with van der Waals surface area (Å²) in [4.78, 5) is 16.8. The molecule has 7 heteroatoms. The van der Waals surface area contributed by atoms with Gasteiger partial charge in [-0.15, -0.1) is 0 Å². The van der Waals surface area contributed by atoms with Gasteiger partial charge < -0.3 is 24.3 Å². The van der Waals surface area contributed by atoms with Gasteiger partial charge in [0.25, 0.3) is 0 Å². The summed E-state index contributed by atoms with van der Waals surface area (Å²) >= 11 is 0. The molecule has 0 aliphatic carbocycles. The highest BCUT2D eigenvalue weighted by Crippen LogP contribution is 2.24. The molecule has 0 radical (unpaired) electrons. The second-order valence-corrected chi connectivity index (χ2v) is 6.24. The van der Waals surface area contributed by atoms with Gasteiger partial charge in [0.1, 0.15) is 11.9 Å². The molecule has 3 rings (SSSR count). The number of aromatic amines is 1. The van der Waals surface area contributed by atoms with Gasteiger partial charge in [-0.05, 0) is 36.6 Å². The maximum Gasteiger partial charge on any atom is 0.508 e. The zero-order chi connectivity index (χ0) is 17.8. The van der Waals surface area contributed by atoms with Crippen LogP contribution in [0.1, 0.15) is 12.0 Å². The minimum absolute atomic E-state index is 0.502. The fourth-order valence-corrected chi connectivity index (χ4v) is 3.23. The number of rotatable bonds is 5. The van der Waals surface area contributed by atoms with Crippen molar-refractivity contribution in [2.75, 3.05) is 33.9 Å². The minimum atomic E-state index is -0.755. The Morgan fingerprint density at radius 1 is 1.40 bits per heavy atom. The number of methoxy groups -OCH3 is 2. The van der Waals surface area contributed by atoms with Gasteiger partial charge in [0.2, 0.25) is 0 Å². The molecule has 0 saturated carbocycles. The van der Waals surface area contributed by atoms with Crippen LogP contribution in [0.2, 0.25) is 0 Å². The number of hydrogen-bond donors (Lipinski definition) is 2. The van der Waals surface area contributed by atoms with Gasteiger partial charge in [-0.3, -0.25) is 4.90 Å². The number of carbonyl (C=O) groups excluding carboxylic acids is 1. The lowest BCUT2D eigenvalue weighted by atomic mass is 10.0. The lowest BCUT2D eigenvalue weighted by Crippen LogP contribution is -2.49. The Labute approximate surface area is 146 Å². The third kappa shape index (κ3) is 4.05. The van der Waals surface area contributed by atoms with Crippen LogP contribution in [0.15, 0.2) is 24.4 Å². The molecule has 1 saturated heterocycles. The number of nitrogens with one attached hydrogen (secondary N) is 1. The van der Waals surface area contributed by atoms with Crippen LogP contribution in [0, 0.1) is 0 Å². The molecule has 1 aromatic heterocycles. The quantitative estimate of drug-likeness (QED) is 0.804. The Balaban J connectivity index is 1.62. The first kappa shape index (κ1) is 17.6. The van der Waals surface area contributed by atoms with Crippen molar-refractivity contribution in [3.8, 4) is 5.75 Å². The molecule has 25 heavy (non-hydrogen) atoms. The first-order chi connectivity index (χ1) is 12.1.